The van der Waals surface area contributed by atoms with E-state index in [4.69, 9.17) is 32.7 Å². The van der Waals surface area contributed by atoms with E-state index in [0.29, 0.717) is 52.7 Å². The van der Waals surface area contributed by atoms with Crippen LogP contribution in [0.2, 0.25) is 10.0 Å². The summed E-state index contributed by atoms with van der Waals surface area (Å²) in [6.07, 6.45) is 0. The summed E-state index contributed by atoms with van der Waals surface area (Å²) in [5, 5.41) is 9.91. The van der Waals surface area contributed by atoms with Crippen LogP contribution in [0.25, 0.3) is 0 Å². The van der Waals surface area contributed by atoms with Crippen LogP contribution in [0.4, 0.5) is 0 Å². The number of amides is 1. The third-order valence-corrected chi connectivity index (χ3v) is 4.76. The average molecular weight is 567 g/mol. The van der Waals surface area contributed by atoms with Gasteiger partial charge in [0.1, 0.15) is 0 Å². The summed E-state index contributed by atoms with van der Waals surface area (Å²) in [7, 11) is 4.88. The van der Waals surface area contributed by atoms with Crippen LogP contribution in [0.1, 0.15) is 15.9 Å². The van der Waals surface area contributed by atoms with Gasteiger partial charge >= 0.3 is 0 Å². The van der Waals surface area contributed by atoms with Crippen molar-refractivity contribution in [2.75, 3.05) is 34.4 Å². The summed E-state index contributed by atoms with van der Waals surface area (Å²) >= 11 is 11.8. The number of rotatable bonds is 8. The minimum absolute atomic E-state index is 0. The SMILES string of the molecule is CN=C(NCCNC(=O)c1ccc(Cl)c(Cl)c1)NCc1ccc(OC)c(OC)c1.I. The lowest BCUT2D eigenvalue weighted by Crippen LogP contribution is -2.41. The number of carbonyl (C=O) groups is 1. The molecule has 0 heterocycles. The fourth-order valence-electron chi connectivity index (χ4n) is 2.49. The van der Waals surface area contributed by atoms with Gasteiger partial charge < -0.3 is 25.4 Å². The smallest absolute Gasteiger partial charge is 0.251 e. The van der Waals surface area contributed by atoms with Gasteiger partial charge in [-0.05, 0) is 35.9 Å². The van der Waals surface area contributed by atoms with Gasteiger partial charge in [-0.15, -0.1) is 24.0 Å². The molecule has 0 spiro atoms. The first-order valence-corrected chi connectivity index (χ1v) is 9.62. The van der Waals surface area contributed by atoms with Crippen LogP contribution < -0.4 is 25.4 Å². The molecular weight excluding hydrogens is 542 g/mol. The number of hydrogen-bond donors (Lipinski definition) is 3. The number of halogens is 3. The number of nitrogens with one attached hydrogen (secondary N) is 3. The van der Waals surface area contributed by atoms with Crippen molar-refractivity contribution in [3.63, 3.8) is 0 Å². The maximum absolute atomic E-state index is 12.1. The number of aliphatic imine (C=N–C) groups is 1. The summed E-state index contributed by atoms with van der Waals surface area (Å²) in [6.45, 7) is 1.46. The van der Waals surface area contributed by atoms with E-state index in [2.05, 4.69) is 20.9 Å². The van der Waals surface area contributed by atoms with Crippen LogP contribution in [0.5, 0.6) is 11.5 Å². The highest BCUT2D eigenvalue weighted by Crippen LogP contribution is 2.27. The largest absolute Gasteiger partial charge is 0.493 e. The van der Waals surface area contributed by atoms with E-state index in [9.17, 15) is 4.79 Å². The van der Waals surface area contributed by atoms with Gasteiger partial charge in [0.2, 0.25) is 0 Å². The molecule has 30 heavy (non-hydrogen) atoms. The highest BCUT2D eigenvalue weighted by Gasteiger charge is 2.08. The van der Waals surface area contributed by atoms with Crippen molar-refractivity contribution < 1.29 is 14.3 Å². The van der Waals surface area contributed by atoms with Crippen LogP contribution in [0.15, 0.2) is 41.4 Å². The average Bonchev–Trinajstić information content (AvgIpc) is 2.74. The molecule has 0 saturated carbocycles. The Bertz CT molecular complexity index is 881. The molecule has 0 atom stereocenters. The Hall–Kier alpha value is -1.91. The van der Waals surface area contributed by atoms with Crippen molar-refractivity contribution in [1.82, 2.24) is 16.0 Å². The summed E-state index contributed by atoms with van der Waals surface area (Å²) in [6, 6.07) is 10.5. The maximum atomic E-state index is 12.1. The van der Waals surface area contributed by atoms with Crippen LogP contribution in [-0.2, 0) is 6.54 Å². The Labute approximate surface area is 203 Å². The number of benzene rings is 2. The van der Waals surface area contributed by atoms with Crippen LogP contribution in [0, 0.1) is 0 Å². The third kappa shape index (κ3) is 7.73. The zero-order chi connectivity index (χ0) is 21.2. The quantitative estimate of drug-likeness (QED) is 0.196. The van der Waals surface area contributed by atoms with Crippen LogP contribution in [-0.4, -0.2) is 46.2 Å². The normalized spacial score (nSPS) is 10.6. The standard InChI is InChI=1S/C20H24Cl2N4O3.HI/c1-23-20(26-12-13-4-7-17(28-2)18(10-13)29-3)25-9-8-24-19(27)14-5-6-15(21)16(22)11-14;/h4-7,10-11H,8-9,12H2,1-3H3,(H,24,27)(H2,23,25,26);1H. The van der Waals surface area contributed by atoms with Gasteiger partial charge in [0.15, 0.2) is 17.5 Å². The minimum atomic E-state index is -0.223. The molecule has 0 radical (unpaired) electrons. The van der Waals surface area contributed by atoms with E-state index in [1.807, 2.05) is 18.2 Å². The van der Waals surface area contributed by atoms with Gasteiger partial charge in [-0.1, -0.05) is 29.3 Å². The van der Waals surface area contributed by atoms with Gasteiger partial charge in [0, 0.05) is 32.2 Å². The molecule has 0 saturated heterocycles. The summed E-state index contributed by atoms with van der Waals surface area (Å²) in [5.74, 6) is 1.73. The zero-order valence-electron chi connectivity index (χ0n) is 16.9. The molecule has 0 aliphatic carbocycles. The predicted octanol–water partition coefficient (Wildman–Crippen LogP) is 3.72. The number of guanidine groups is 1. The second-order valence-corrected chi connectivity index (χ2v) is 6.74. The van der Waals surface area contributed by atoms with Crippen LogP contribution in [0.3, 0.4) is 0 Å². The van der Waals surface area contributed by atoms with Gasteiger partial charge in [0.05, 0.1) is 24.3 Å². The molecule has 0 aromatic heterocycles. The minimum Gasteiger partial charge on any atom is -0.493 e. The Balaban J connectivity index is 0.00000450. The van der Waals surface area contributed by atoms with E-state index in [1.54, 1.807) is 33.4 Å². The van der Waals surface area contributed by atoms with E-state index >= 15 is 0 Å². The molecule has 0 bridgehead atoms. The second kappa shape index (κ2) is 13.4. The van der Waals surface area contributed by atoms with Gasteiger partial charge in [-0.2, -0.15) is 0 Å². The monoisotopic (exact) mass is 566 g/mol. The fraction of sp³-hybridized carbons (Fsp3) is 0.300. The molecule has 2 rings (SSSR count). The van der Waals surface area contributed by atoms with Crippen molar-refractivity contribution in [2.24, 2.45) is 4.99 Å². The summed E-state index contributed by atoms with van der Waals surface area (Å²) in [4.78, 5) is 16.3. The maximum Gasteiger partial charge on any atom is 0.251 e. The molecule has 2 aromatic rings. The molecule has 7 nitrogen and oxygen atoms in total. The molecule has 0 unspecified atom stereocenters. The van der Waals surface area contributed by atoms with Crippen LogP contribution >= 0.6 is 47.2 Å². The molecule has 164 valence electrons. The molecule has 2 aromatic carbocycles. The first-order valence-electron chi connectivity index (χ1n) is 8.87. The third-order valence-electron chi connectivity index (χ3n) is 4.02. The first kappa shape index (κ1) is 26.1. The van der Waals surface area contributed by atoms with Crippen molar-refractivity contribution >= 4 is 59.0 Å². The topological polar surface area (TPSA) is 84.0 Å². The molecule has 0 aliphatic heterocycles. The van der Waals surface area contributed by atoms with Gasteiger partial charge in [-0.3, -0.25) is 9.79 Å². The highest BCUT2D eigenvalue weighted by atomic mass is 127. The Morgan fingerprint density at radius 1 is 0.933 bits per heavy atom. The van der Waals surface area contributed by atoms with Crippen molar-refractivity contribution in [2.45, 2.75) is 6.54 Å². The van der Waals surface area contributed by atoms with E-state index in [1.165, 1.54) is 6.07 Å². The van der Waals surface area contributed by atoms with Gasteiger partial charge in [0.25, 0.3) is 5.91 Å². The molecule has 0 aliphatic rings. The highest BCUT2D eigenvalue weighted by molar-refractivity contribution is 14.0. The van der Waals surface area contributed by atoms with E-state index in [-0.39, 0.29) is 29.9 Å². The summed E-state index contributed by atoms with van der Waals surface area (Å²) in [5.41, 5.74) is 1.47. The second-order valence-electron chi connectivity index (χ2n) is 5.93. The Morgan fingerprint density at radius 3 is 2.27 bits per heavy atom. The number of nitrogens with zero attached hydrogens (tertiary/aromatic N) is 1. The molecular formula is C20H25Cl2IN4O3. The number of ether oxygens (including phenoxy) is 2. The predicted molar refractivity (Wildman–Crippen MR) is 132 cm³/mol. The van der Waals surface area contributed by atoms with Crippen molar-refractivity contribution in [3.05, 3.63) is 57.6 Å². The molecule has 0 fully saturated rings. The van der Waals surface area contributed by atoms with E-state index in [0.717, 1.165) is 5.56 Å². The van der Waals surface area contributed by atoms with Crippen molar-refractivity contribution in [3.8, 4) is 11.5 Å². The molecule has 3 N–H and O–H groups in total. The summed E-state index contributed by atoms with van der Waals surface area (Å²) < 4.78 is 10.5. The van der Waals surface area contributed by atoms with Gasteiger partial charge in [-0.25, -0.2) is 0 Å². The van der Waals surface area contributed by atoms with Crippen molar-refractivity contribution in [1.29, 1.82) is 0 Å². The zero-order valence-corrected chi connectivity index (χ0v) is 20.8. The Morgan fingerprint density at radius 2 is 1.63 bits per heavy atom. The lowest BCUT2D eigenvalue weighted by atomic mass is 10.2. The lowest BCUT2D eigenvalue weighted by molar-refractivity contribution is 0.0954. The fourth-order valence-corrected chi connectivity index (χ4v) is 2.79. The number of carbonyl (C=O) groups excluding carboxylic acids is 1. The number of hydrogen-bond acceptors (Lipinski definition) is 4. The van der Waals surface area contributed by atoms with E-state index < -0.39 is 0 Å². The number of methoxy groups -OCH3 is 2. The first-order chi connectivity index (χ1) is 14.0. The lowest BCUT2D eigenvalue weighted by Gasteiger charge is -2.14. The molecule has 10 heteroatoms. The Kier molecular flexibility index (Phi) is 11.7. The molecule has 1 amide bonds.